The van der Waals surface area contributed by atoms with Crippen LogP contribution in [0.2, 0.25) is 0 Å². The van der Waals surface area contributed by atoms with Crippen LogP contribution in [0, 0.1) is 12.8 Å². The maximum Gasteiger partial charge on any atom is 0.224 e. The minimum Gasteiger partial charge on any atom is -0.326 e. The highest BCUT2D eigenvalue weighted by Gasteiger charge is 2.20. The summed E-state index contributed by atoms with van der Waals surface area (Å²) in [5.74, 6) is 0.497. The Morgan fingerprint density at radius 1 is 1.10 bits per heavy atom. The zero-order valence-corrected chi connectivity index (χ0v) is 18.3. The number of anilines is 1. The Morgan fingerprint density at radius 3 is 2.34 bits per heavy atom. The van der Waals surface area contributed by atoms with Gasteiger partial charge >= 0.3 is 0 Å². The molecule has 1 amide bonds. The van der Waals surface area contributed by atoms with Gasteiger partial charge < -0.3 is 16.8 Å². The van der Waals surface area contributed by atoms with Crippen molar-refractivity contribution in [1.29, 1.82) is 0 Å². The van der Waals surface area contributed by atoms with Crippen LogP contribution in [0.4, 0.5) is 5.69 Å². The standard InChI is InChI=1S/C24H36N4O/c1-5-6-7-8-22(29)28-24-17(4)27-21(13-16(2)3)20(15-26)23(24)19-11-9-18(14-25)10-12-19/h9-12,16H,5-8,13-15,25-26H2,1-4H3,(H,28,29). The number of aromatic nitrogens is 1. The first-order chi connectivity index (χ1) is 13.9. The second-order valence-corrected chi connectivity index (χ2v) is 8.08. The van der Waals surface area contributed by atoms with Gasteiger partial charge in [0.25, 0.3) is 0 Å². The number of rotatable bonds is 10. The molecule has 0 unspecified atom stereocenters. The van der Waals surface area contributed by atoms with Crippen LogP contribution in [-0.2, 0) is 24.3 Å². The van der Waals surface area contributed by atoms with Gasteiger partial charge in [-0.25, -0.2) is 0 Å². The van der Waals surface area contributed by atoms with Crippen molar-refractivity contribution >= 4 is 11.6 Å². The summed E-state index contributed by atoms with van der Waals surface area (Å²) in [5.41, 5.74) is 18.7. The van der Waals surface area contributed by atoms with Gasteiger partial charge in [-0.15, -0.1) is 0 Å². The predicted molar refractivity (Wildman–Crippen MR) is 122 cm³/mol. The summed E-state index contributed by atoms with van der Waals surface area (Å²) in [5, 5.41) is 3.14. The lowest BCUT2D eigenvalue weighted by molar-refractivity contribution is -0.116. The van der Waals surface area contributed by atoms with Gasteiger partial charge in [-0.2, -0.15) is 0 Å². The molecule has 0 saturated heterocycles. The fraction of sp³-hybridized carbons (Fsp3) is 0.500. The summed E-state index contributed by atoms with van der Waals surface area (Å²) >= 11 is 0. The molecule has 0 fully saturated rings. The van der Waals surface area contributed by atoms with Crippen LogP contribution in [0.5, 0.6) is 0 Å². The molecule has 0 bridgehead atoms. The summed E-state index contributed by atoms with van der Waals surface area (Å²) in [6.45, 7) is 9.33. The molecule has 0 aliphatic carbocycles. The van der Waals surface area contributed by atoms with E-state index in [0.29, 0.717) is 25.4 Å². The van der Waals surface area contributed by atoms with E-state index < -0.39 is 0 Å². The Bertz CT molecular complexity index is 813. The normalized spacial score (nSPS) is 11.1. The van der Waals surface area contributed by atoms with E-state index in [-0.39, 0.29) is 5.91 Å². The maximum atomic E-state index is 12.6. The third kappa shape index (κ3) is 6.12. The highest BCUT2D eigenvalue weighted by molar-refractivity contribution is 5.97. The number of aryl methyl sites for hydroxylation is 1. The zero-order chi connectivity index (χ0) is 21.4. The highest BCUT2D eigenvalue weighted by Crippen LogP contribution is 2.36. The van der Waals surface area contributed by atoms with Gasteiger partial charge in [0.15, 0.2) is 0 Å². The number of amides is 1. The first-order valence-corrected chi connectivity index (χ1v) is 10.7. The van der Waals surface area contributed by atoms with Crippen molar-refractivity contribution in [2.75, 3.05) is 5.32 Å². The lowest BCUT2D eigenvalue weighted by Crippen LogP contribution is -2.17. The number of carbonyl (C=O) groups excluding carboxylic acids is 1. The van der Waals surface area contributed by atoms with Gasteiger partial charge in [0.1, 0.15) is 0 Å². The van der Waals surface area contributed by atoms with Crippen LogP contribution < -0.4 is 16.8 Å². The zero-order valence-electron chi connectivity index (χ0n) is 18.3. The maximum absolute atomic E-state index is 12.6. The number of pyridine rings is 1. The molecular weight excluding hydrogens is 360 g/mol. The van der Waals surface area contributed by atoms with Crippen molar-refractivity contribution in [3.05, 3.63) is 46.8 Å². The van der Waals surface area contributed by atoms with Crippen LogP contribution in [0.25, 0.3) is 11.1 Å². The predicted octanol–water partition coefficient (Wildman–Crippen LogP) is 4.69. The van der Waals surface area contributed by atoms with Gasteiger partial charge in [0.05, 0.1) is 11.4 Å². The van der Waals surface area contributed by atoms with Crippen molar-refractivity contribution in [2.24, 2.45) is 17.4 Å². The molecule has 5 nitrogen and oxygen atoms in total. The molecule has 0 aliphatic rings. The number of carbonyl (C=O) groups is 1. The van der Waals surface area contributed by atoms with E-state index in [1.165, 1.54) is 0 Å². The molecule has 29 heavy (non-hydrogen) atoms. The van der Waals surface area contributed by atoms with Gasteiger partial charge in [-0.05, 0) is 42.4 Å². The molecule has 1 heterocycles. The number of nitrogens with one attached hydrogen (secondary N) is 1. The van der Waals surface area contributed by atoms with E-state index in [2.05, 4.69) is 38.2 Å². The Balaban J connectivity index is 2.56. The molecule has 2 aromatic rings. The van der Waals surface area contributed by atoms with E-state index >= 15 is 0 Å². The van der Waals surface area contributed by atoms with E-state index in [1.807, 2.05) is 19.1 Å². The molecule has 0 spiro atoms. The molecule has 2 rings (SSSR count). The van der Waals surface area contributed by atoms with Crippen LogP contribution >= 0.6 is 0 Å². The third-order valence-corrected chi connectivity index (χ3v) is 5.12. The Labute approximate surface area is 175 Å². The van der Waals surface area contributed by atoms with E-state index in [0.717, 1.165) is 65.0 Å². The second-order valence-electron chi connectivity index (χ2n) is 8.08. The van der Waals surface area contributed by atoms with Crippen LogP contribution in [0.15, 0.2) is 24.3 Å². The lowest BCUT2D eigenvalue weighted by atomic mass is 9.92. The minimum atomic E-state index is 0.0303. The number of nitrogens with zero attached hydrogens (tertiary/aromatic N) is 1. The molecule has 158 valence electrons. The molecule has 0 atom stereocenters. The van der Waals surface area contributed by atoms with Crippen molar-refractivity contribution in [3.63, 3.8) is 0 Å². The molecule has 5 N–H and O–H groups in total. The molecule has 0 saturated carbocycles. The van der Waals surface area contributed by atoms with Crippen molar-refractivity contribution < 1.29 is 4.79 Å². The quantitative estimate of drug-likeness (QED) is 0.508. The van der Waals surface area contributed by atoms with E-state index in [4.69, 9.17) is 16.5 Å². The summed E-state index contributed by atoms with van der Waals surface area (Å²) in [4.78, 5) is 17.4. The molecule has 1 aromatic carbocycles. The van der Waals surface area contributed by atoms with E-state index in [1.54, 1.807) is 0 Å². The van der Waals surface area contributed by atoms with Crippen LogP contribution in [0.1, 0.15) is 69.0 Å². The minimum absolute atomic E-state index is 0.0303. The van der Waals surface area contributed by atoms with Crippen LogP contribution in [0.3, 0.4) is 0 Å². The van der Waals surface area contributed by atoms with E-state index in [9.17, 15) is 4.79 Å². The number of nitrogens with two attached hydrogens (primary N) is 2. The highest BCUT2D eigenvalue weighted by atomic mass is 16.1. The smallest absolute Gasteiger partial charge is 0.224 e. The Hall–Kier alpha value is -2.24. The van der Waals surface area contributed by atoms with Gasteiger partial charge in [-0.1, -0.05) is 57.9 Å². The molecule has 0 aliphatic heterocycles. The fourth-order valence-electron chi connectivity index (χ4n) is 3.59. The second kappa shape index (κ2) is 11.1. The summed E-state index contributed by atoms with van der Waals surface area (Å²) in [7, 11) is 0. The molecule has 5 heteroatoms. The molecule has 1 aromatic heterocycles. The Morgan fingerprint density at radius 2 is 1.79 bits per heavy atom. The number of benzene rings is 1. The Kier molecular flexibility index (Phi) is 8.80. The fourth-order valence-corrected chi connectivity index (χ4v) is 3.59. The molecule has 0 radical (unpaired) electrons. The number of hydrogen-bond acceptors (Lipinski definition) is 4. The van der Waals surface area contributed by atoms with Crippen molar-refractivity contribution in [3.8, 4) is 11.1 Å². The van der Waals surface area contributed by atoms with Crippen molar-refractivity contribution in [1.82, 2.24) is 4.98 Å². The monoisotopic (exact) mass is 396 g/mol. The van der Waals surface area contributed by atoms with Gasteiger partial charge in [0.2, 0.25) is 5.91 Å². The topological polar surface area (TPSA) is 94.0 Å². The number of unbranched alkanes of at least 4 members (excludes halogenated alkanes) is 2. The summed E-state index contributed by atoms with van der Waals surface area (Å²) < 4.78 is 0. The van der Waals surface area contributed by atoms with Crippen LogP contribution in [-0.4, -0.2) is 10.9 Å². The largest absolute Gasteiger partial charge is 0.326 e. The average molecular weight is 397 g/mol. The first-order valence-electron chi connectivity index (χ1n) is 10.7. The average Bonchev–Trinajstić information content (AvgIpc) is 2.69. The lowest BCUT2D eigenvalue weighted by Gasteiger charge is -2.21. The summed E-state index contributed by atoms with van der Waals surface area (Å²) in [6, 6.07) is 8.17. The molecular formula is C24H36N4O. The van der Waals surface area contributed by atoms with Crippen molar-refractivity contribution in [2.45, 2.75) is 72.9 Å². The SMILES string of the molecule is CCCCCC(=O)Nc1c(C)nc(CC(C)C)c(CN)c1-c1ccc(CN)cc1. The van der Waals surface area contributed by atoms with Gasteiger partial charge in [0, 0.05) is 30.8 Å². The third-order valence-electron chi connectivity index (χ3n) is 5.12. The number of hydrogen-bond donors (Lipinski definition) is 3. The first kappa shape index (κ1) is 23.0. The van der Waals surface area contributed by atoms with Gasteiger partial charge in [-0.3, -0.25) is 9.78 Å². The summed E-state index contributed by atoms with van der Waals surface area (Å²) in [6.07, 6.45) is 4.41.